The van der Waals surface area contributed by atoms with Gasteiger partial charge in [0.2, 0.25) is 0 Å². The van der Waals surface area contributed by atoms with Crippen LogP contribution >= 0.6 is 23.2 Å². The number of halogens is 2. The fourth-order valence-corrected chi connectivity index (χ4v) is 2.12. The van der Waals surface area contributed by atoms with E-state index in [0.717, 1.165) is 0 Å². The summed E-state index contributed by atoms with van der Waals surface area (Å²) in [6.07, 6.45) is 0. The maximum absolute atomic E-state index is 11.8. The fraction of sp³-hybridized carbons (Fsp3) is 0.133. The summed E-state index contributed by atoms with van der Waals surface area (Å²) in [5.41, 5.74) is 1.03. The molecule has 0 aliphatic heterocycles. The lowest BCUT2D eigenvalue weighted by molar-refractivity contribution is -0.384. The summed E-state index contributed by atoms with van der Waals surface area (Å²) in [5, 5.41) is 14.0. The van der Waals surface area contributed by atoms with Crippen LogP contribution in [0.5, 0.6) is 5.75 Å². The Bertz CT molecular complexity index is 765. The van der Waals surface area contributed by atoms with Crippen LogP contribution in [0, 0.1) is 17.0 Å². The molecule has 0 saturated heterocycles. The van der Waals surface area contributed by atoms with E-state index in [-0.39, 0.29) is 18.2 Å². The second kappa shape index (κ2) is 7.30. The predicted octanol–water partition coefficient (Wildman–Crippen LogP) is 4.23. The van der Waals surface area contributed by atoms with Gasteiger partial charge in [-0.25, -0.2) is 0 Å². The van der Waals surface area contributed by atoms with Crippen LogP contribution in [0.1, 0.15) is 5.56 Å². The van der Waals surface area contributed by atoms with Crippen LogP contribution in [0.15, 0.2) is 36.4 Å². The van der Waals surface area contributed by atoms with Gasteiger partial charge in [0.1, 0.15) is 5.75 Å². The topological polar surface area (TPSA) is 81.5 Å². The van der Waals surface area contributed by atoms with Crippen LogP contribution < -0.4 is 10.1 Å². The van der Waals surface area contributed by atoms with Gasteiger partial charge in [-0.05, 0) is 36.8 Å². The molecule has 0 aliphatic rings. The molecule has 0 aliphatic carbocycles. The van der Waals surface area contributed by atoms with E-state index < -0.39 is 4.92 Å². The molecule has 120 valence electrons. The minimum atomic E-state index is -0.492. The average molecular weight is 355 g/mol. The number of amides is 1. The zero-order valence-electron chi connectivity index (χ0n) is 12.0. The molecule has 0 aromatic heterocycles. The molecule has 1 amide bonds. The van der Waals surface area contributed by atoms with Crippen LogP contribution in [0.2, 0.25) is 10.0 Å². The summed E-state index contributed by atoms with van der Waals surface area (Å²) in [7, 11) is 0. The Hall–Kier alpha value is -2.31. The zero-order valence-corrected chi connectivity index (χ0v) is 13.5. The molecule has 1 N–H and O–H groups in total. The number of non-ortho nitro benzene ring substituents is 1. The molecule has 2 aromatic rings. The predicted molar refractivity (Wildman–Crippen MR) is 88.4 cm³/mol. The quantitative estimate of drug-likeness (QED) is 0.643. The number of nitro benzene ring substituents is 1. The first-order valence-electron chi connectivity index (χ1n) is 6.49. The van der Waals surface area contributed by atoms with Gasteiger partial charge in [-0.1, -0.05) is 23.2 Å². The van der Waals surface area contributed by atoms with Gasteiger partial charge in [0, 0.05) is 17.8 Å². The number of nitrogens with zero attached hydrogens (tertiary/aromatic N) is 1. The number of carbonyl (C=O) groups excluding carboxylic acids is 1. The van der Waals surface area contributed by atoms with E-state index in [0.29, 0.717) is 27.0 Å². The molecule has 0 saturated carbocycles. The Balaban J connectivity index is 1.96. The normalized spacial score (nSPS) is 10.2. The molecular weight excluding hydrogens is 343 g/mol. The zero-order chi connectivity index (χ0) is 17.0. The Morgan fingerprint density at radius 3 is 2.57 bits per heavy atom. The number of benzene rings is 2. The van der Waals surface area contributed by atoms with Crippen LogP contribution in [-0.4, -0.2) is 17.4 Å². The average Bonchev–Trinajstić information content (AvgIpc) is 2.49. The lowest BCUT2D eigenvalue weighted by Gasteiger charge is -2.10. The molecule has 6 nitrogen and oxygen atoms in total. The highest BCUT2D eigenvalue weighted by molar-refractivity contribution is 6.42. The lowest BCUT2D eigenvalue weighted by Crippen LogP contribution is -2.20. The summed E-state index contributed by atoms with van der Waals surface area (Å²) in [6.45, 7) is 1.43. The van der Waals surface area contributed by atoms with Crippen molar-refractivity contribution in [3.05, 3.63) is 62.1 Å². The van der Waals surface area contributed by atoms with Crippen molar-refractivity contribution >= 4 is 40.5 Å². The first kappa shape index (κ1) is 17.1. The summed E-state index contributed by atoms with van der Waals surface area (Å²) < 4.78 is 5.37. The third-order valence-electron chi connectivity index (χ3n) is 2.93. The van der Waals surface area contributed by atoms with E-state index in [2.05, 4.69) is 5.32 Å². The molecule has 0 bridgehead atoms. The number of hydrogen-bond donors (Lipinski definition) is 1. The van der Waals surface area contributed by atoms with E-state index in [1.54, 1.807) is 19.1 Å². The summed E-state index contributed by atoms with van der Waals surface area (Å²) in [6, 6.07) is 8.87. The second-order valence-electron chi connectivity index (χ2n) is 4.67. The highest BCUT2D eigenvalue weighted by atomic mass is 35.5. The summed E-state index contributed by atoms with van der Waals surface area (Å²) in [5.74, 6) is 0.0148. The van der Waals surface area contributed by atoms with E-state index in [1.165, 1.54) is 24.3 Å². The highest BCUT2D eigenvalue weighted by Crippen LogP contribution is 2.25. The molecule has 23 heavy (non-hydrogen) atoms. The molecule has 2 rings (SSSR count). The van der Waals surface area contributed by atoms with Crippen molar-refractivity contribution in [2.24, 2.45) is 0 Å². The van der Waals surface area contributed by atoms with E-state index in [4.69, 9.17) is 27.9 Å². The maximum Gasteiger partial charge on any atom is 0.269 e. The molecule has 0 spiro atoms. The SMILES string of the molecule is Cc1cc([N+](=O)[O-])ccc1OCC(=O)Nc1ccc(Cl)c(Cl)c1. The monoisotopic (exact) mass is 354 g/mol. The van der Waals surface area contributed by atoms with Gasteiger partial charge in [0.05, 0.1) is 15.0 Å². The summed E-state index contributed by atoms with van der Waals surface area (Å²) in [4.78, 5) is 22.0. The molecule has 0 fully saturated rings. The molecular formula is C15H12Cl2N2O4. The van der Waals surface area contributed by atoms with E-state index in [9.17, 15) is 14.9 Å². The van der Waals surface area contributed by atoms with Crippen LogP contribution in [-0.2, 0) is 4.79 Å². The number of carbonyl (C=O) groups is 1. The number of nitro groups is 1. The number of anilines is 1. The number of aryl methyl sites for hydroxylation is 1. The van der Waals surface area contributed by atoms with Gasteiger partial charge in [0.25, 0.3) is 11.6 Å². The van der Waals surface area contributed by atoms with Crippen molar-refractivity contribution in [1.29, 1.82) is 0 Å². The number of rotatable bonds is 5. The van der Waals surface area contributed by atoms with Crippen LogP contribution in [0.3, 0.4) is 0 Å². The third kappa shape index (κ3) is 4.58. The number of nitrogens with one attached hydrogen (secondary N) is 1. The first-order chi connectivity index (χ1) is 10.9. The van der Waals surface area contributed by atoms with E-state index in [1.807, 2.05) is 0 Å². The van der Waals surface area contributed by atoms with Crippen molar-refractivity contribution in [2.45, 2.75) is 6.92 Å². The van der Waals surface area contributed by atoms with Gasteiger partial charge >= 0.3 is 0 Å². The summed E-state index contributed by atoms with van der Waals surface area (Å²) >= 11 is 11.7. The molecule has 0 heterocycles. The van der Waals surface area contributed by atoms with Crippen molar-refractivity contribution in [1.82, 2.24) is 0 Å². The van der Waals surface area contributed by atoms with Crippen molar-refractivity contribution < 1.29 is 14.5 Å². The van der Waals surface area contributed by atoms with Crippen LogP contribution in [0.4, 0.5) is 11.4 Å². The molecule has 0 unspecified atom stereocenters. The Morgan fingerprint density at radius 2 is 1.96 bits per heavy atom. The van der Waals surface area contributed by atoms with Gasteiger partial charge in [0.15, 0.2) is 6.61 Å². The minimum absolute atomic E-state index is 0.0323. The van der Waals surface area contributed by atoms with Crippen LogP contribution in [0.25, 0.3) is 0 Å². The van der Waals surface area contributed by atoms with Crippen molar-refractivity contribution in [2.75, 3.05) is 11.9 Å². The van der Waals surface area contributed by atoms with Gasteiger partial charge in [-0.3, -0.25) is 14.9 Å². The maximum atomic E-state index is 11.8. The largest absolute Gasteiger partial charge is 0.483 e. The first-order valence-corrected chi connectivity index (χ1v) is 7.25. The van der Waals surface area contributed by atoms with E-state index >= 15 is 0 Å². The molecule has 0 atom stereocenters. The number of ether oxygens (including phenoxy) is 1. The van der Waals surface area contributed by atoms with Crippen molar-refractivity contribution in [3.63, 3.8) is 0 Å². The third-order valence-corrected chi connectivity index (χ3v) is 3.67. The van der Waals surface area contributed by atoms with Gasteiger partial charge in [-0.15, -0.1) is 0 Å². The Labute approximate surface area is 142 Å². The standard InChI is InChI=1S/C15H12Cl2N2O4/c1-9-6-11(19(21)22)3-5-14(9)23-8-15(20)18-10-2-4-12(16)13(17)7-10/h2-7H,8H2,1H3,(H,18,20). The molecule has 8 heteroatoms. The molecule has 0 radical (unpaired) electrons. The second-order valence-corrected chi connectivity index (χ2v) is 5.49. The van der Waals surface area contributed by atoms with Crippen molar-refractivity contribution in [3.8, 4) is 5.75 Å². The fourth-order valence-electron chi connectivity index (χ4n) is 1.82. The molecule has 2 aromatic carbocycles. The smallest absolute Gasteiger partial charge is 0.269 e. The lowest BCUT2D eigenvalue weighted by atomic mass is 10.2. The van der Waals surface area contributed by atoms with Gasteiger partial charge in [-0.2, -0.15) is 0 Å². The van der Waals surface area contributed by atoms with Gasteiger partial charge < -0.3 is 10.1 Å². The minimum Gasteiger partial charge on any atom is -0.483 e. The number of hydrogen-bond acceptors (Lipinski definition) is 4. The highest BCUT2D eigenvalue weighted by Gasteiger charge is 2.11. The Morgan fingerprint density at radius 1 is 1.22 bits per heavy atom. The Kier molecular flexibility index (Phi) is 5.41.